The van der Waals surface area contributed by atoms with Crippen LogP contribution in [0.3, 0.4) is 0 Å². The van der Waals surface area contributed by atoms with Crippen molar-refractivity contribution in [2.24, 2.45) is 7.05 Å². The molecule has 0 bridgehead atoms. The third-order valence-electron chi connectivity index (χ3n) is 2.55. The number of benzene rings is 1. The molecule has 5 nitrogen and oxygen atoms in total. The number of fused-ring (bicyclic) bond motifs is 1. The number of hydrogen-bond donors (Lipinski definition) is 0. The second-order valence-corrected chi connectivity index (χ2v) is 3.60. The van der Waals surface area contributed by atoms with Gasteiger partial charge in [0.1, 0.15) is 6.29 Å². The highest BCUT2D eigenvalue weighted by molar-refractivity contribution is 5.90. The van der Waals surface area contributed by atoms with Gasteiger partial charge in [-0.1, -0.05) is 6.07 Å². The summed E-state index contributed by atoms with van der Waals surface area (Å²) >= 11 is 0. The van der Waals surface area contributed by atoms with E-state index in [1.807, 2.05) is 0 Å². The zero-order chi connectivity index (χ0) is 11.7. The molecule has 0 fully saturated rings. The van der Waals surface area contributed by atoms with Crippen molar-refractivity contribution >= 4 is 22.9 Å². The summed E-state index contributed by atoms with van der Waals surface area (Å²) in [5.41, 5.74) is 1.66. The Morgan fingerprint density at radius 3 is 2.88 bits per heavy atom. The van der Waals surface area contributed by atoms with E-state index in [0.717, 1.165) is 17.4 Å². The summed E-state index contributed by atoms with van der Waals surface area (Å²) < 4.78 is 1.71. The molecule has 1 heterocycles. The average molecular weight is 218 g/mol. The van der Waals surface area contributed by atoms with Crippen LogP contribution < -0.4 is 0 Å². The van der Waals surface area contributed by atoms with E-state index in [2.05, 4.69) is 0 Å². The third-order valence-corrected chi connectivity index (χ3v) is 2.55. The summed E-state index contributed by atoms with van der Waals surface area (Å²) in [5.74, 6) is 0. The van der Waals surface area contributed by atoms with Gasteiger partial charge in [0, 0.05) is 13.5 Å². The van der Waals surface area contributed by atoms with Crippen molar-refractivity contribution < 1.29 is 9.72 Å². The van der Waals surface area contributed by atoms with Gasteiger partial charge in [-0.3, -0.25) is 10.1 Å². The highest BCUT2D eigenvalue weighted by atomic mass is 16.6. The van der Waals surface area contributed by atoms with Crippen molar-refractivity contribution in [3.63, 3.8) is 0 Å². The van der Waals surface area contributed by atoms with Gasteiger partial charge in [0.15, 0.2) is 0 Å². The molecule has 5 heteroatoms. The van der Waals surface area contributed by atoms with Gasteiger partial charge in [0.25, 0.3) is 5.69 Å². The lowest BCUT2D eigenvalue weighted by Crippen LogP contribution is -1.88. The summed E-state index contributed by atoms with van der Waals surface area (Å²) in [4.78, 5) is 20.8. The molecule has 16 heavy (non-hydrogen) atoms. The van der Waals surface area contributed by atoms with Gasteiger partial charge in [-0.25, -0.2) is 0 Å². The van der Waals surface area contributed by atoms with Crippen LogP contribution in [0.4, 0.5) is 5.69 Å². The van der Waals surface area contributed by atoms with Crippen molar-refractivity contribution in [2.45, 2.75) is 6.42 Å². The topological polar surface area (TPSA) is 65.1 Å². The number of rotatable bonds is 3. The van der Waals surface area contributed by atoms with Crippen molar-refractivity contribution in [3.8, 4) is 0 Å². The normalized spacial score (nSPS) is 10.6. The molecular formula is C11H10N2O3. The zero-order valence-electron chi connectivity index (χ0n) is 8.71. The first kappa shape index (κ1) is 10.4. The Bertz CT molecular complexity index is 572. The van der Waals surface area contributed by atoms with E-state index in [-0.39, 0.29) is 12.1 Å². The van der Waals surface area contributed by atoms with Crippen LogP contribution in [0.15, 0.2) is 24.4 Å². The van der Waals surface area contributed by atoms with Gasteiger partial charge >= 0.3 is 0 Å². The second kappa shape index (κ2) is 3.77. The van der Waals surface area contributed by atoms with Crippen LogP contribution in [0.5, 0.6) is 0 Å². The molecule has 0 aliphatic heterocycles. The number of carbonyl (C=O) groups excluding carboxylic acids is 1. The minimum absolute atomic E-state index is 0.0743. The van der Waals surface area contributed by atoms with Gasteiger partial charge in [0.05, 0.1) is 22.0 Å². The zero-order valence-corrected chi connectivity index (χ0v) is 8.71. The van der Waals surface area contributed by atoms with Crippen LogP contribution in [0.2, 0.25) is 0 Å². The molecule has 0 amide bonds. The molecular weight excluding hydrogens is 208 g/mol. The molecule has 2 rings (SSSR count). The van der Waals surface area contributed by atoms with E-state index in [9.17, 15) is 14.9 Å². The van der Waals surface area contributed by atoms with E-state index in [4.69, 9.17) is 0 Å². The Hall–Kier alpha value is -2.17. The summed E-state index contributed by atoms with van der Waals surface area (Å²) in [5, 5.41) is 11.4. The van der Waals surface area contributed by atoms with Crippen LogP contribution in [-0.2, 0) is 18.3 Å². The molecule has 0 saturated heterocycles. The van der Waals surface area contributed by atoms with Crippen LogP contribution in [0.1, 0.15) is 5.56 Å². The number of nitro groups is 1. The summed E-state index contributed by atoms with van der Waals surface area (Å²) in [6.07, 6.45) is 2.55. The fourth-order valence-electron chi connectivity index (χ4n) is 1.79. The first-order valence-corrected chi connectivity index (χ1v) is 4.79. The monoisotopic (exact) mass is 218 g/mol. The first-order valence-electron chi connectivity index (χ1n) is 4.79. The molecule has 0 atom stereocenters. The van der Waals surface area contributed by atoms with Gasteiger partial charge in [-0.05, 0) is 17.7 Å². The van der Waals surface area contributed by atoms with Crippen LogP contribution in [0.25, 0.3) is 10.9 Å². The van der Waals surface area contributed by atoms with Gasteiger partial charge in [-0.15, -0.1) is 0 Å². The lowest BCUT2D eigenvalue weighted by Gasteiger charge is -1.97. The third kappa shape index (κ3) is 1.56. The number of nitrogens with zero attached hydrogens (tertiary/aromatic N) is 2. The van der Waals surface area contributed by atoms with Crippen molar-refractivity contribution in [1.29, 1.82) is 0 Å². The molecule has 0 aliphatic carbocycles. The number of aromatic nitrogens is 1. The number of aldehydes is 1. The molecule has 0 aliphatic rings. The fraction of sp³-hybridized carbons (Fsp3) is 0.182. The lowest BCUT2D eigenvalue weighted by molar-refractivity contribution is -0.383. The Morgan fingerprint density at radius 1 is 1.50 bits per heavy atom. The molecule has 0 unspecified atom stereocenters. The van der Waals surface area contributed by atoms with Gasteiger partial charge in [0.2, 0.25) is 0 Å². The smallest absolute Gasteiger partial charge is 0.294 e. The second-order valence-electron chi connectivity index (χ2n) is 3.60. The summed E-state index contributed by atoms with van der Waals surface area (Å²) in [6.45, 7) is 0. The Morgan fingerprint density at radius 2 is 2.25 bits per heavy atom. The van der Waals surface area contributed by atoms with Crippen molar-refractivity contribution in [3.05, 3.63) is 40.1 Å². The lowest BCUT2D eigenvalue weighted by atomic mass is 10.1. The predicted octanol–water partition coefficient (Wildman–Crippen LogP) is 1.83. The maximum atomic E-state index is 10.8. The highest BCUT2D eigenvalue weighted by Crippen LogP contribution is 2.27. The molecule has 0 spiro atoms. The quantitative estimate of drug-likeness (QED) is 0.448. The first-order chi connectivity index (χ1) is 7.63. The predicted molar refractivity (Wildman–Crippen MR) is 59.3 cm³/mol. The molecule has 1 aromatic carbocycles. The largest absolute Gasteiger partial charge is 0.344 e. The number of aryl methyl sites for hydroxylation is 1. The van der Waals surface area contributed by atoms with Crippen molar-refractivity contribution in [1.82, 2.24) is 4.57 Å². The Balaban J connectivity index is 2.69. The summed E-state index contributed by atoms with van der Waals surface area (Å²) in [7, 11) is 1.76. The van der Waals surface area contributed by atoms with E-state index >= 15 is 0 Å². The minimum atomic E-state index is -0.410. The fourth-order valence-corrected chi connectivity index (χ4v) is 1.79. The average Bonchev–Trinajstić information content (AvgIpc) is 2.57. The van der Waals surface area contributed by atoms with E-state index in [1.54, 1.807) is 29.8 Å². The van der Waals surface area contributed by atoms with Crippen LogP contribution >= 0.6 is 0 Å². The minimum Gasteiger partial charge on any atom is -0.344 e. The van der Waals surface area contributed by atoms with Crippen LogP contribution in [0, 0.1) is 10.1 Å². The van der Waals surface area contributed by atoms with Gasteiger partial charge < -0.3 is 9.36 Å². The van der Waals surface area contributed by atoms with E-state index in [0.29, 0.717) is 5.39 Å². The highest BCUT2D eigenvalue weighted by Gasteiger charge is 2.16. The van der Waals surface area contributed by atoms with Crippen LogP contribution in [-0.4, -0.2) is 15.8 Å². The Labute approximate surface area is 91.4 Å². The molecule has 82 valence electrons. The maximum Gasteiger partial charge on any atom is 0.294 e. The van der Waals surface area contributed by atoms with Crippen molar-refractivity contribution in [2.75, 3.05) is 0 Å². The standard InChI is InChI=1S/C11H10N2O3/c1-12-7-11(13(15)16)9-6-8(4-5-14)2-3-10(9)12/h2-3,5-7H,4H2,1H3. The Kier molecular flexibility index (Phi) is 2.44. The molecule has 0 radical (unpaired) electrons. The molecule has 0 saturated carbocycles. The molecule has 2 aromatic rings. The number of carbonyl (C=O) groups is 1. The summed E-state index contributed by atoms with van der Waals surface area (Å²) in [6, 6.07) is 5.30. The van der Waals surface area contributed by atoms with Gasteiger partial charge in [-0.2, -0.15) is 0 Å². The van der Waals surface area contributed by atoms with E-state index in [1.165, 1.54) is 6.20 Å². The molecule has 0 N–H and O–H groups in total. The SMILES string of the molecule is Cn1cc([N+](=O)[O-])c2cc(CC=O)ccc21. The number of hydrogen-bond acceptors (Lipinski definition) is 3. The maximum absolute atomic E-state index is 10.8. The molecule has 1 aromatic heterocycles. The van der Waals surface area contributed by atoms with E-state index < -0.39 is 4.92 Å².